The van der Waals surface area contributed by atoms with Crippen molar-refractivity contribution in [2.24, 2.45) is 0 Å². The first-order valence-corrected chi connectivity index (χ1v) is 15.1. The molecule has 0 atom stereocenters. The molecule has 6 heteroatoms. The lowest BCUT2D eigenvalue weighted by Crippen LogP contribution is -2.44. The van der Waals surface area contributed by atoms with Gasteiger partial charge in [-0.3, -0.25) is 19.2 Å². The summed E-state index contributed by atoms with van der Waals surface area (Å²) in [6.45, 7) is 0. The van der Waals surface area contributed by atoms with Gasteiger partial charge in [-0.1, -0.05) is 97.1 Å². The highest BCUT2D eigenvalue weighted by atomic mass is 16.2. The first-order chi connectivity index (χ1) is 22.5. The maximum absolute atomic E-state index is 14.1. The van der Waals surface area contributed by atoms with Crippen LogP contribution in [0.1, 0.15) is 63.7 Å². The largest absolute Gasteiger partial charge is 0.268 e. The quantitative estimate of drug-likeness (QED) is 0.185. The van der Waals surface area contributed by atoms with Gasteiger partial charge in [-0.2, -0.15) is 0 Å². The van der Waals surface area contributed by atoms with E-state index in [2.05, 4.69) is 0 Å². The Morgan fingerprint density at radius 1 is 0.348 bits per heavy atom. The number of anilines is 2. The summed E-state index contributed by atoms with van der Waals surface area (Å²) in [5, 5.41) is 0.696. The third kappa shape index (κ3) is 4.26. The minimum atomic E-state index is -0.489. The number of rotatable bonds is 6. The third-order valence-corrected chi connectivity index (χ3v) is 8.83. The van der Waals surface area contributed by atoms with Crippen LogP contribution >= 0.6 is 0 Å². The molecule has 4 amide bonds. The van der Waals surface area contributed by atoms with Crippen LogP contribution in [-0.4, -0.2) is 23.6 Å². The number of amides is 4. The molecule has 0 fully saturated rings. The molecule has 2 aliphatic rings. The molecule has 0 aromatic heterocycles. The van der Waals surface area contributed by atoms with Gasteiger partial charge >= 0.3 is 0 Å². The van der Waals surface area contributed by atoms with Gasteiger partial charge in [0.1, 0.15) is 0 Å². The van der Waals surface area contributed by atoms with E-state index in [1.165, 1.54) is 9.80 Å². The zero-order valence-corrected chi connectivity index (χ0v) is 24.6. The van der Waals surface area contributed by atoms with E-state index in [1.807, 2.05) is 97.1 Å². The maximum atomic E-state index is 14.1. The number of hydrogen-bond acceptors (Lipinski definition) is 4. The second-order valence-corrected chi connectivity index (χ2v) is 11.5. The Hall–Kier alpha value is -6.14. The number of carbonyl (C=O) groups excluding carboxylic acids is 4. The fourth-order valence-electron chi connectivity index (χ4n) is 6.70. The third-order valence-electron chi connectivity index (χ3n) is 8.83. The van der Waals surface area contributed by atoms with Gasteiger partial charge in [-0.25, -0.2) is 9.80 Å². The highest BCUT2D eigenvalue weighted by molar-refractivity contribution is 6.42. The van der Waals surface area contributed by atoms with Crippen LogP contribution < -0.4 is 9.80 Å². The van der Waals surface area contributed by atoms with Crippen LogP contribution in [0.25, 0.3) is 10.8 Å². The van der Waals surface area contributed by atoms with Crippen LogP contribution in [0.2, 0.25) is 0 Å². The molecule has 2 aliphatic heterocycles. The lowest BCUT2D eigenvalue weighted by Gasteiger charge is -2.33. The van der Waals surface area contributed by atoms with Crippen LogP contribution in [0.15, 0.2) is 133 Å². The highest BCUT2D eigenvalue weighted by Gasteiger charge is 2.41. The second-order valence-electron chi connectivity index (χ2n) is 11.5. The topological polar surface area (TPSA) is 74.8 Å². The molecule has 0 bridgehead atoms. The Bertz CT molecular complexity index is 2010. The van der Waals surface area contributed by atoms with Crippen molar-refractivity contribution < 1.29 is 19.2 Å². The van der Waals surface area contributed by atoms with Crippen molar-refractivity contribution in [2.45, 2.75) is 12.8 Å². The van der Waals surface area contributed by atoms with E-state index in [9.17, 15) is 19.2 Å². The first kappa shape index (κ1) is 27.4. The monoisotopic (exact) mass is 598 g/mol. The Morgan fingerprint density at radius 2 is 0.652 bits per heavy atom. The van der Waals surface area contributed by atoms with Crippen LogP contribution in [0.3, 0.4) is 0 Å². The molecule has 6 aromatic carbocycles. The first-order valence-electron chi connectivity index (χ1n) is 15.1. The standard InChI is InChI=1S/C40H26N2O4/c43-37-29-19-21-31-36-32(40(46)42(39(31)45)34-18-10-8-16-28(34)24-26-13-5-2-6-14-26)22-20-30(35(29)36)38(44)41(37)33-17-9-7-15-27(33)23-25-11-3-1-4-12-25/h1-22H,23-24H2. The van der Waals surface area contributed by atoms with Crippen molar-refractivity contribution >= 4 is 45.8 Å². The molecular formula is C40H26N2O4. The second kappa shape index (κ2) is 10.8. The maximum Gasteiger partial charge on any atom is 0.265 e. The van der Waals surface area contributed by atoms with Crippen LogP contribution in [-0.2, 0) is 12.8 Å². The normalized spacial score (nSPS) is 13.9. The van der Waals surface area contributed by atoms with Crippen molar-refractivity contribution in [1.29, 1.82) is 0 Å². The van der Waals surface area contributed by atoms with Gasteiger partial charge in [0.15, 0.2) is 0 Å². The van der Waals surface area contributed by atoms with Crippen LogP contribution in [0, 0.1) is 0 Å². The molecule has 0 saturated carbocycles. The summed E-state index contributed by atoms with van der Waals surface area (Å²) >= 11 is 0. The molecule has 220 valence electrons. The van der Waals surface area contributed by atoms with Crippen molar-refractivity contribution in [3.05, 3.63) is 178 Å². The van der Waals surface area contributed by atoms with Crippen LogP contribution in [0.4, 0.5) is 11.4 Å². The van der Waals surface area contributed by atoms with Gasteiger partial charge in [0.05, 0.1) is 11.4 Å². The number of benzene rings is 6. The van der Waals surface area contributed by atoms with E-state index in [0.29, 0.717) is 35.0 Å². The Morgan fingerprint density at radius 3 is 1.00 bits per heavy atom. The molecule has 2 heterocycles. The molecule has 6 nitrogen and oxygen atoms in total. The minimum Gasteiger partial charge on any atom is -0.268 e. The molecule has 0 aliphatic carbocycles. The Labute approximate surface area is 265 Å². The predicted octanol–water partition coefficient (Wildman–Crippen LogP) is 7.62. The fourth-order valence-corrected chi connectivity index (χ4v) is 6.70. The molecule has 8 rings (SSSR count). The van der Waals surface area contributed by atoms with Gasteiger partial charge in [-0.15, -0.1) is 0 Å². The summed E-state index contributed by atoms with van der Waals surface area (Å²) in [6.07, 6.45) is 1.08. The molecule has 0 unspecified atom stereocenters. The number of para-hydroxylation sites is 2. The smallest absolute Gasteiger partial charge is 0.265 e. The zero-order chi connectivity index (χ0) is 31.4. The van der Waals surface area contributed by atoms with E-state index in [4.69, 9.17) is 0 Å². The molecule has 0 saturated heterocycles. The average Bonchev–Trinajstić information content (AvgIpc) is 3.09. The van der Waals surface area contributed by atoms with E-state index >= 15 is 0 Å². The van der Waals surface area contributed by atoms with Crippen LogP contribution in [0.5, 0.6) is 0 Å². The van der Waals surface area contributed by atoms with Gasteiger partial charge in [-0.05, 0) is 71.5 Å². The number of hydrogen-bond donors (Lipinski definition) is 0. The molecule has 6 aromatic rings. The van der Waals surface area contributed by atoms with Crippen molar-refractivity contribution in [1.82, 2.24) is 0 Å². The van der Waals surface area contributed by atoms with E-state index in [0.717, 1.165) is 22.3 Å². The number of carbonyl (C=O) groups is 4. The summed E-state index contributed by atoms with van der Waals surface area (Å²) < 4.78 is 0. The SMILES string of the molecule is O=C1c2ccc3c4c(ccc(c24)C(=O)N1c1ccccc1Cc1ccccc1)C(=O)N(c1ccccc1Cc1ccccc1)C3=O. The minimum absolute atomic E-state index is 0.281. The zero-order valence-electron chi connectivity index (χ0n) is 24.6. The van der Waals surface area contributed by atoms with Gasteiger partial charge in [0.25, 0.3) is 23.6 Å². The van der Waals surface area contributed by atoms with Gasteiger partial charge in [0, 0.05) is 33.0 Å². The summed E-state index contributed by atoms with van der Waals surface area (Å²) in [6, 6.07) is 40.9. The van der Waals surface area contributed by atoms with E-state index < -0.39 is 23.6 Å². The van der Waals surface area contributed by atoms with Crippen molar-refractivity contribution in [3.63, 3.8) is 0 Å². The predicted molar refractivity (Wildman–Crippen MR) is 178 cm³/mol. The lowest BCUT2D eigenvalue weighted by molar-refractivity contribution is 0.0872. The summed E-state index contributed by atoms with van der Waals surface area (Å²) in [4.78, 5) is 59.0. The van der Waals surface area contributed by atoms with Crippen molar-refractivity contribution in [3.8, 4) is 0 Å². The summed E-state index contributed by atoms with van der Waals surface area (Å²) in [5.41, 5.74) is 5.91. The number of nitrogens with zero attached hydrogens (tertiary/aromatic N) is 2. The molecule has 0 spiro atoms. The number of imide groups is 2. The Kier molecular flexibility index (Phi) is 6.43. The highest BCUT2D eigenvalue weighted by Crippen LogP contribution is 2.41. The van der Waals surface area contributed by atoms with Gasteiger partial charge in [0.2, 0.25) is 0 Å². The molecule has 0 radical (unpaired) electrons. The average molecular weight is 599 g/mol. The fraction of sp³-hybridized carbons (Fsp3) is 0.0500. The summed E-state index contributed by atoms with van der Waals surface area (Å²) in [7, 11) is 0. The molecule has 46 heavy (non-hydrogen) atoms. The molecular weight excluding hydrogens is 572 g/mol. The van der Waals surface area contributed by atoms with E-state index in [1.54, 1.807) is 36.4 Å². The van der Waals surface area contributed by atoms with Gasteiger partial charge < -0.3 is 0 Å². The molecule has 0 N–H and O–H groups in total. The Balaban J connectivity index is 1.22. The van der Waals surface area contributed by atoms with Crippen molar-refractivity contribution in [2.75, 3.05) is 9.80 Å². The lowest BCUT2D eigenvalue weighted by atomic mass is 9.85. The summed E-state index contributed by atoms with van der Waals surface area (Å²) in [5.74, 6) is -1.95. The van der Waals surface area contributed by atoms with E-state index in [-0.39, 0.29) is 22.3 Å².